The number of hydrogen-bond donors (Lipinski definition) is 2. The van der Waals surface area contributed by atoms with Gasteiger partial charge in [-0.05, 0) is 28.2 Å². The fourth-order valence-electron chi connectivity index (χ4n) is 0.400. The molecular weight excluding hydrogens is 419 g/mol. The zero-order valence-electron chi connectivity index (χ0n) is 10.0. The normalized spacial score (nSPS) is 8.12. The summed E-state index contributed by atoms with van der Waals surface area (Å²) in [5, 5.41) is 27.3. The minimum Gasteiger partial charge on any atom is -0.328 e. The van der Waals surface area contributed by atoms with Crippen LogP contribution in [-0.2, 0) is 21.1 Å². The number of rotatable bonds is 3. The average Bonchev–Trinajstić information content (AvgIpc) is 1.98. The van der Waals surface area contributed by atoms with Crippen molar-refractivity contribution < 1.29 is 41.7 Å². The van der Waals surface area contributed by atoms with Gasteiger partial charge in [0, 0.05) is 34.2 Å². The molecule has 17 heavy (non-hydrogen) atoms. The molecule has 10 nitrogen and oxygen atoms in total. The Morgan fingerprint density at radius 1 is 0.882 bits per heavy atom. The van der Waals surface area contributed by atoms with Crippen LogP contribution in [0.25, 0.3) is 0 Å². The molecule has 0 aromatic carbocycles. The predicted octanol–water partition coefficient (Wildman–Crippen LogP) is -0.588. The summed E-state index contributed by atoms with van der Waals surface area (Å²) in [4.78, 5) is 21.1. The first-order chi connectivity index (χ1) is 7.09. The Bertz CT molecular complexity index is 163. The van der Waals surface area contributed by atoms with E-state index in [9.17, 15) is 0 Å². The van der Waals surface area contributed by atoms with Gasteiger partial charge < -0.3 is 20.2 Å². The maximum absolute atomic E-state index is 8.36. The van der Waals surface area contributed by atoms with Gasteiger partial charge in [0.2, 0.25) is 0 Å². The molecule has 0 heterocycles. The quantitative estimate of drug-likeness (QED) is 0.442. The number of nitrogens with zero attached hydrogens (tertiary/aromatic N) is 4. The zero-order valence-corrected chi connectivity index (χ0v) is 12.3. The molecule has 0 unspecified atom stereocenters. The second-order valence-electron chi connectivity index (χ2n) is 3.08. The van der Waals surface area contributed by atoms with Gasteiger partial charge in [-0.2, -0.15) is 0 Å². The Morgan fingerprint density at radius 3 is 1.06 bits per heavy atom. The van der Waals surface area contributed by atoms with E-state index in [-0.39, 0.29) is 21.1 Å². The molecule has 2 N–H and O–H groups in total. The van der Waals surface area contributed by atoms with E-state index in [1.165, 1.54) is 0 Å². The summed E-state index contributed by atoms with van der Waals surface area (Å²) >= 11 is 0. The van der Waals surface area contributed by atoms with Crippen molar-refractivity contribution in [3.63, 3.8) is 0 Å². The van der Waals surface area contributed by atoms with Crippen molar-refractivity contribution in [2.75, 3.05) is 41.3 Å². The number of likely N-dealkylation sites (N-methyl/N-ethyl adjacent to an activating group) is 2. The van der Waals surface area contributed by atoms with E-state index >= 15 is 0 Å². The van der Waals surface area contributed by atoms with Crippen molar-refractivity contribution in [1.29, 1.82) is 0 Å². The van der Waals surface area contributed by atoms with Crippen LogP contribution < -0.4 is 0 Å². The minimum absolute atomic E-state index is 0. The van der Waals surface area contributed by atoms with E-state index < -0.39 is 10.2 Å². The Hall–Kier alpha value is -0.992. The Kier molecular flexibility index (Phi) is 25.6. The second-order valence-corrected chi connectivity index (χ2v) is 3.08. The molecule has 0 aromatic rings. The van der Waals surface area contributed by atoms with Gasteiger partial charge in [-0.3, -0.25) is 0 Å². The summed E-state index contributed by atoms with van der Waals surface area (Å²) in [6.45, 7) is 2.29. The maximum Gasteiger partial charge on any atom is 0.291 e. The first-order valence-corrected chi connectivity index (χ1v) is 4.05. The molecule has 0 aliphatic rings. The van der Waals surface area contributed by atoms with Crippen LogP contribution in [0, 0.1) is 20.2 Å². The van der Waals surface area contributed by atoms with Crippen molar-refractivity contribution in [3.8, 4) is 0 Å². The van der Waals surface area contributed by atoms with E-state index in [4.69, 9.17) is 30.6 Å². The third-order valence-electron chi connectivity index (χ3n) is 0.994. The predicted molar refractivity (Wildman–Crippen MR) is 54.7 cm³/mol. The molecule has 0 radical (unpaired) electrons. The van der Waals surface area contributed by atoms with Crippen LogP contribution in [-0.4, -0.2) is 71.7 Å². The smallest absolute Gasteiger partial charge is 0.291 e. The molecule has 0 aliphatic heterocycles. The molecule has 0 amide bonds. The third-order valence-corrected chi connectivity index (χ3v) is 0.994. The number of hydrogen-bond acceptors (Lipinski definition) is 6. The van der Waals surface area contributed by atoms with Crippen molar-refractivity contribution in [2.45, 2.75) is 0 Å². The molecular formula is C6H18N4O6Pt. The van der Waals surface area contributed by atoms with Gasteiger partial charge in [0.25, 0.3) is 10.2 Å². The molecule has 0 aromatic heterocycles. The van der Waals surface area contributed by atoms with Gasteiger partial charge in [0.05, 0.1) is 0 Å². The molecule has 0 bridgehead atoms. The van der Waals surface area contributed by atoms with Gasteiger partial charge in [-0.15, -0.1) is 20.2 Å². The van der Waals surface area contributed by atoms with Crippen LogP contribution in [0.2, 0.25) is 0 Å². The van der Waals surface area contributed by atoms with Crippen molar-refractivity contribution >= 4 is 0 Å². The monoisotopic (exact) mass is 437 g/mol. The molecule has 0 rings (SSSR count). The van der Waals surface area contributed by atoms with E-state index in [1.54, 1.807) is 0 Å². The largest absolute Gasteiger partial charge is 0.328 e. The second kappa shape index (κ2) is 17.4. The summed E-state index contributed by atoms with van der Waals surface area (Å²) in [6.07, 6.45) is 0. The van der Waals surface area contributed by atoms with E-state index in [2.05, 4.69) is 38.0 Å². The fourth-order valence-corrected chi connectivity index (χ4v) is 0.400. The van der Waals surface area contributed by atoms with Crippen molar-refractivity contribution in [1.82, 2.24) is 9.80 Å². The molecule has 0 fully saturated rings. The van der Waals surface area contributed by atoms with Crippen LogP contribution >= 0.6 is 0 Å². The fraction of sp³-hybridized carbons (Fsp3) is 1.00. The summed E-state index contributed by atoms with van der Waals surface area (Å²) in [6, 6.07) is 0. The molecule has 11 heteroatoms. The Morgan fingerprint density at radius 2 is 1.00 bits per heavy atom. The van der Waals surface area contributed by atoms with Crippen LogP contribution in [0.1, 0.15) is 0 Å². The van der Waals surface area contributed by atoms with E-state index in [0.717, 1.165) is 13.1 Å². The van der Waals surface area contributed by atoms with Crippen molar-refractivity contribution in [2.24, 2.45) is 0 Å². The standard InChI is InChI=1S/C6H16N2.2HNO3.Pt/c1-7(2)5-6-8(3)4;2*2-1(3)4;/h5-6H2,1-4H3;2*(H,2,3,4);. The SMILES string of the molecule is CN(C)CCN(C)C.O=[N+]([O-])O.O=[N+]([O-])O.[Pt]. The third kappa shape index (κ3) is 158. The molecule has 108 valence electrons. The minimum atomic E-state index is -1.50. The van der Waals surface area contributed by atoms with Crippen molar-refractivity contribution in [3.05, 3.63) is 20.2 Å². The van der Waals surface area contributed by atoms with Crippen LogP contribution in [0.3, 0.4) is 0 Å². The average molecular weight is 437 g/mol. The topological polar surface area (TPSA) is 133 Å². The molecule has 0 aliphatic carbocycles. The van der Waals surface area contributed by atoms with E-state index in [0.29, 0.717) is 0 Å². The first kappa shape index (κ1) is 25.0. The summed E-state index contributed by atoms with van der Waals surface area (Å²) in [5.41, 5.74) is 0. The molecule has 0 atom stereocenters. The summed E-state index contributed by atoms with van der Waals surface area (Å²) in [5.74, 6) is 0. The zero-order chi connectivity index (χ0) is 13.7. The molecule has 0 saturated carbocycles. The van der Waals surface area contributed by atoms with Crippen LogP contribution in [0.5, 0.6) is 0 Å². The summed E-state index contributed by atoms with van der Waals surface area (Å²) < 4.78 is 0. The molecule has 0 spiro atoms. The van der Waals surface area contributed by atoms with Gasteiger partial charge in [-0.25, -0.2) is 0 Å². The van der Waals surface area contributed by atoms with Gasteiger partial charge in [-0.1, -0.05) is 0 Å². The maximum atomic E-state index is 8.36. The van der Waals surface area contributed by atoms with Gasteiger partial charge in [0.1, 0.15) is 0 Å². The Balaban J connectivity index is -0.0000000806. The Labute approximate surface area is 113 Å². The van der Waals surface area contributed by atoms with Gasteiger partial charge >= 0.3 is 0 Å². The first-order valence-electron chi connectivity index (χ1n) is 4.05. The summed E-state index contributed by atoms with van der Waals surface area (Å²) in [7, 11) is 8.35. The van der Waals surface area contributed by atoms with Crippen LogP contribution in [0.15, 0.2) is 0 Å². The molecule has 0 saturated heterocycles. The van der Waals surface area contributed by atoms with Crippen LogP contribution in [0.4, 0.5) is 0 Å². The van der Waals surface area contributed by atoms with Gasteiger partial charge in [0.15, 0.2) is 0 Å². The van der Waals surface area contributed by atoms with E-state index in [1.807, 2.05) is 0 Å².